The van der Waals surface area contributed by atoms with Crippen LogP contribution in [0.25, 0.3) is 16.7 Å². The Hall–Kier alpha value is -3.82. The van der Waals surface area contributed by atoms with Gasteiger partial charge in [-0.3, -0.25) is 14.2 Å². The number of alkyl halides is 5. The minimum absolute atomic E-state index is 0.0655. The number of nitrogens with zero attached hydrogens (tertiary/aromatic N) is 3. The van der Waals surface area contributed by atoms with E-state index in [-0.39, 0.29) is 57.1 Å². The number of benzene rings is 1. The van der Waals surface area contributed by atoms with Crippen LogP contribution in [-0.2, 0) is 4.74 Å². The monoisotopic (exact) mass is 594 g/mol. The van der Waals surface area contributed by atoms with Crippen LogP contribution >= 0.6 is 0 Å². The van der Waals surface area contributed by atoms with E-state index in [2.05, 4.69) is 4.98 Å². The normalized spacial score (nSPS) is 17.1. The maximum Gasteiger partial charge on any atom is 0.455 e. The molecule has 16 heteroatoms. The molecule has 2 aliphatic rings. The average molecular weight is 594 g/mol. The lowest BCUT2D eigenvalue weighted by atomic mass is 10.0. The van der Waals surface area contributed by atoms with Crippen LogP contribution in [0.1, 0.15) is 23.2 Å². The number of morpholine rings is 1. The van der Waals surface area contributed by atoms with Crippen LogP contribution in [0.15, 0.2) is 29.2 Å². The van der Waals surface area contributed by atoms with Crippen LogP contribution in [0, 0.1) is 29.2 Å². The number of fused-ring (bicyclic) bond motifs is 1. The van der Waals surface area contributed by atoms with Crippen molar-refractivity contribution < 1.29 is 49.0 Å². The highest BCUT2D eigenvalue weighted by Gasteiger charge is 2.65. The van der Waals surface area contributed by atoms with Gasteiger partial charge in [0.05, 0.1) is 18.6 Å². The molecule has 7 nitrogen and oxygen atoms in total. The number of halogens is 9. The van der Waals surface area contributed by atoms with Gasteiger partial charge in [-0.2, -0.15) is 22.0 Å². The number of amides is 1. The Morgan fingerprint density at radius 3 is 2.15 bits per heavy atom. The molecule has 5 rings (SSSR count). The quantitative estimate of drug-likeness (QED) is 0.426. The van der Waals surface area contributed by atoms with E-state index in [0.717, 1.165) is 0 Å². The van der Waals surface area contributed by atoms with Crippen LogP contribution in [0.3, 0.4) is 0 Å². The average Bonchev–Trinajstić information content (AvgIpc) is 3.72. The number of rotatable bonds is 6. The van der Waals surface area contributed by atoms with Crippen molar-refractivity contribution in [2.45, 2.75) is 31.0 Å². The third kappa shape index (κ3) is 5.20. The first-order valence-corrected chi connectivity index (χ1v) is 12.2. The predicted octanol–water partition coefficient (Wildman–Crippen LogP) is 4.48. The molecule has 1 unspecified atom stereocenters. The highest BCUT2D eigenvalue weighted by Crippen LogP contribution is 2.46. The van der Waals surface area contributed by atoms with Gasteiger partial charge in [0.15, 0.2) is 28.9 Å². The smallest absolute Gasteiger partial charge is 0.378 e. The summed E-state index contributed by atoms with van der Waals surface area (Å²) in [4.78, 5) is 31.7. The molecule has 3 aromatic rings. The zero-order chi connectivity index (χ0) is 29.9. The molecule has 1 saturated heterocycles. The van der Waals surface area contributed by atoms with Crippen molar-refractivity contribution in [1.29, 1.82) is 0 Å². The van der Waals surface area contributed by atoms with Gasteiger partial charge < -0.3 is 15.0 Å². The van der Waals surface area contributed by atoms with E-state index in [1.165, 1.54) is 10.2 Å². The standard InChI is InChI=1S/C25H19F9N4O3/c26-12-7-15(27)18(16(28)8-12)38-10-14(23(40)35-20(11-1-2-11)24(30,31)25(32,33)34)19(39)13-9-17(29)22(36-21(13)38)37-3-5-41-6-4-37/h7-11,20H,1-6H2,(H,35,40). The van der Waals surface area contributed by atoms with E-state index in [1.54, 1.807) is 0 Å². The molecule has 0 radical (unpaired) electrons. The summed E-state index contributed by atoms with van der Waals surface area (Å²) >= 11 is 0. The molecule has 1 atom stereocenters. The first kappa shape index (κ1) is 28.7. The van der Waals surface area contributed by atoms with Crippen LogP contribution in [0.4, 0.5) is 45.3 Å². The van der Waals surface area contributed by atoms with Crippen LogP contribution in [-0.4, -0.2) is 59.9 Å². The number of aromatic nitrogens is 2. The van der Waals surface area contributed by atoms with Gasteiger partial charge in [-0.25, -0.2) is 22.5 Å². The van der Waals surface area contributed by atoms with Gasteiger partial charge in [-0.15, -0.1) is 0 Å². The van der Waals surface area contributed by atoms with Crippen LogP contribution in [0.5, 0.6) is 0 Å². The van der Waals surface area contributed by atoms with Gasteiger partial charge in [0.25, 0.3) is 5.91 Å². The summed E-state index contributed by atoms with van der Waals surface area (Å²) in [6.45, 7) is 0.652. The summed E-state index contributed by atoms with van der Waals surface area (Å²) < 4.78 is 132. The van der Waals surface area contributed by atoms with E-state index < -0.39 is 80.9 Å². The number of anilines is 1. The Labute approximate surface area is 224 Å². The molecule has 1 aliphatic heterocycles. The first-order valence-electron chi connectivity index (χ1n) is 12.2. The summed E-state index contributed by atoms with van der Waals surface area (Å²) in [6.07, 6.45) is -5.70. The highest BCUT2D eigenvalue weighted by atomic mass is 19.4. The summed E-state index contributed by atoms with van der Waals surface area (Å²) in [6, 6.07) is -1.62. The minimum Gasteiger partial charge on any atom is -0.378 e. The van der Waals surface area contributed by atoms with Crippen molar-refractivity contribution >= 4 is 22.8 Å². The largest absolute Gasteiger partial charge is 0.455 e. The molecule has 2 aromatic heterocycles. The summed E-state index contributed by atoms with van der Waals surface area (Å²) in [5.74, 6) is -14.2. The van der Waals surface area contributed by atoms with Crippen LogP contribution in [0.2, 0.25) is 0 Å². The fourth-order valence-corrected chi connectivity index (χ4v) is 4.64. The Morgan fingerprint density at radius 1 is 0.976 bits per heavy atom. The van der Waals surface area contributed by atoms with Gasteiger partial charge in [0.1, 0.15) is 23.1 Å². The van der Waals surface area contributed by atoms with E-state index >= 15 is 4.39 Å². The summed E-state index contributed by atoms with van der Waals surface area (Å²) in [5, 5.41) is 0.787. The van der Waals surface area contributed by atoms with E-state index in [1.807, 2.05) is 0 Å². The fourth-order valence-electron chi connectivity index (χ4n) is 4.64. The van der Waals surface area contributed by atoms with Gasteiger partial charge >= 0.3 is 12.1 Å². The summed E-state index contributed by atoms with van der Waals surface area (Å²) in [7, 11) is 0. The number of ether oxygens (including phenoxy) is 1. The molecule has 1 aliphatic carbocycles. The van der Waals surface area contributed by atoms with Gasteiger partial charge in [0, 0.05) is 31.4 Å². The number of carbonyl (C=O) groups is 1. The number of nitrogens with one attached hydrogen (secondary N) is 1. The van der Waals surface area contributed by atoms with Gasteiger partial charge in [-0.05, 0) is 24.8 Å². The molecular formula is C25H19F9N4O3. The van der Waals surface area contributed by atoms with Crippen molar-refractivity contribution in [3.8, 4) is 5.69 Å². The molecule has 0 spiro atoms. The number of hydrogen-bond acceptors (Lipinski definition) is 5. The molecule has 1 amide bonds. The van der Waals surface area contributed by atoms with Crippen molar-refractivity contribution in [3.05, 3.63) is 63.5 Å². The maximum absolute atomic E-state index is 15.2. The molecule has 2 fully saturated rings. The lowest BCUT2D eigenvalue weighted by Crippen LogP contribution is -2.57. The van der Waals surface area contributed by atoms with E-state index in [4.69, 9.17) is 4.74 Å². The molecule has 1 saturated carbocycles. The zero-order valence-electron chi connectivity index (χ0n) is 20.7. The summed E-state index contributed by atoms with van der Waals surface area (Å²) in [5.41, 5.74) is -4.17. The zero-order valence-corrected chi connectivity index (χ0v) is 20.7. The lowest BCUT2D eigenvalue weighted by Gasteiger charge is -2.29. The molecule has 3 heterocycles. The Kier molecular flexibility index (Phi) is 7.16. The van der Waals surface area contributed by atoms with Crippen molar-refractivity contribution in [3.63, 3.8) is 0 Å². The Balaban J connectivity index is 1.70. The second-order valence-electron chi connectivity index (χ2n) is 9.63. The highest BCUT2D eigenvalue weighted by molar-refractivity contribution is 5.97. The lowest BCUT2D eigenvalue weighted by molar-refractivity contribution is -0.293. The molecule has 220 valence electrons. The minimum atomic E-state index is -6.04. The Bertz CT molecular complexity index is 1560. The van der Waals surface area contributed by atoms with Crippen molar-refractivity contribution in [2.24, 2.45) is 5.92 Å². The molecule has 1 aromatic carbocycles. The maximum atomic E-state index is 15.2. The second-order valence-corrected chi connectivity index (χ2v) is 9.63. The Morgan fingerprint density at radius 2 is 1.59 bits per heavy atom. The third-order valence-electron chi connectivity index (χ3n) is 6.84. The number of hydrogen-bond donors (Lipinski definition) is 1. The molecular weight excluding hydrogens is 575 g/mol. The fraction of sp³-hybridized carbons (Fsp3) is 0.400. The van der Waals surface area contributed by atoms with Crippen molar-refractivity contribution in [1.82, 2.24) is 14.9 Å². The van der Waals surface area contributed by atoms with Gasteiger partial charge in [0.2, 0.25) is 5.43 Å². The first-order chi connectivity index (χ1) is 19.2. The number of pyridine rings is 2. The molecule has 1 N–H and O–H groups in total. The second kappa shape index (κ2) is 10.2. The number of carbonyl (C=O) groups excluding carboxylic acids is 1. The molecule has 0 bridgehead atoms. The van der Waals surface area contributed by atoms with Crippen LogP contribution < -0.4 is 15.6 Å². The predicted molar refractivity (Wildman–Crippen MR) is 125 cm³/mol. The topological polar surface area (TPSA) is 76.5 Å². The SMILES string of the molecule is O=C(NC(C1CC1)C(F)(F)C(F)(F)F)c1cn(-c2c(F)cc(F)cc2F)c2nc(N3CCOCC3)c(F)cc2c1=O. The van der Waals surface area contributed by atoms with Crippen molar-refractivity contribution in [2.75, 3.05) is 31.2 Å². The third-order valence-corrected chi connectivity index (χ3v) is 6.84. The van der Waals surface area contributed by atoms with E-state index in [9.17, 15) is 44.7 Å². The molecule has 41 heavy (non-hydrogen) atoms. The van der Waals surface area contributed by atoms with E-state index in [0.29, 0.717) is 16.8 Å². The van der Waals surface area contributed by atoms with Gasteiger partial charge in [-0.1, -0.05) is 0 Å².